The molecule has 4 aliphatic heterocycles. The average Bonchev–Trinajstić information content (AvgIpc) is 2.99. The summed E-state index contributed by atoms with van der Waals surface area (Å²) in [5.41, 5.74) is 1.55. The van der Waals surface area contributed by atoms with Crippen LogP contribution in [0.3, 0.4) is 0 Å². The molecule has 0 radical (unpaired) electrons. The molecule has 3 saturated heterocycles. The molecular formula is C21H24N4O5. The Bertz CT molecular complexity index is 929. The van der Waals surface area contributed by atoms with E-state index in [1.165, 1.54) is 0 Å². The Morgan fingerprint density at radius 1 is 1.03 bits per heavy atom. The minimum atomic E-state index is -0.939. The highest BCUT2D eigenvalue weighted by atomic mass is 16.5. The summed E-state index contributed by atoms with van der Waals surface area (Å²) in [6, 6.07) is 4.35. The van der Waals surface area contributed by atoms with Gasteiger partial charge in [0.05, 0.1) is 24.3 Å². The molecule has 1 aromatic rings. The lowest BCUT2D eigenvalue weighted by Crippen LogP contribution is -2.59. The fraction of sp³-hybridized carbons (Fsp3) is 0.524. The third-order valence-corrected chi connectivity index (χ3v) is 6.63. The standard InChI is InChI=1S/C21H24N4O5/c26-17-4-3-16(18(27)23-17)25-19(28)14-2-1-13(11-15(14)20(25)29)24-8-5-21(6-9-24)12-30-10-7-22-21/h1-2,11,16,22H,3-10,12H2,(H,23,26,27). The van der Waals surface area contributed by atoms with Gasteiger partial charge >= 0.3 is 0 Å². The molecule has 0 bridgehead atoms. The molecule has 0 aliphatic carbocycles. The monoisotopic (exact) mass is 412 g/mol. The van der Waals surface area contributed by atoms with Gasteiger partial charge in [-0.2, -0.15) is 0 Å². The molecule has 0 saturated carbocycles. The van der Waals surface area contributed by atoms with Crippen molar-refractivity contribution in [3.8, 4) is 0 Å². The van der Waals surface area contributed by atoms with Crippen molar-refractivity contribution in [2.45, 2.75) is 37.3 Å². The fourth-order valence-corrected chi connectivity index (χ4v) is 4.88. The van der Waals surface area contributed by atoms with Crippen LogP contribution in [0.25, 0.3) is 0 Å². The molecule has 3 fully saturated rings. The zero-order valence-corrected chi connectivity index (χ0v) is 16.6. The van der Waals surface area contributed by atoms with E-state index in [-0.39, 0.29) is 24.3 Å². The Kier molecular flexibility index (Phi) is 4.59. The first-order chi connectivity index (χ1) is 14.5. The van der Waals surface area contributed by atoms with Crippen LogP contribution in [0.15, 0.2) is 18.2 Å². The summed E-state index contributed by atoms with van der Waals surface area (Å²) in [4.78, 5) is 52.7. The van der Waals surface area contributed by atoms with Crippen molar-refractivity contribution in [2.75, 3.05) is 37.7 Å². The number of imide groups is 2. The molecule has 158 valence electrons. The maximum Gasteiger partial charge on any atom is 0.262 e. The number of fused-ring (bicyclic) bond motifs is 1. The summed E-state index contributed by atoms with van der Waals surface area (Å²) < 4.78 is 5.65. The molecule has 9 nitrogen and oxygen atoms in total. The van der Waals surface area contributed by atoms with E-state index in [0.717, 1.165) is 56.3 Å². The number of benzene rings is 1. The quantitative estimate of drug-likeness (QED) is 0.661. The van der Waals surface area contributed by atoms with E-state index >= 15 is 0 Å². The van der Waals surface area contributed by atoms with Gasteiger partial charge in [0.1, 0.15) is 6.04 Å². The van der Waals surface area contributed by atoms with Crippen molar-refractivity contribution in [3.05, 3.63) is 29.3 Å². The first kappa shape index (κ1) is 19.2. The molecule has 1 aromatic carbocycles. The molecule has 1 atom stereocenters. The Morgan fingerprint density at radius 3 is 2.50 bits per heavy atom. The number of amides is 4. The van der Waals surface area contributed by atoms with Crippen LogP contribution in [0, 0.1) is 0 Å². The number of hydrogen-bond donors (Lipinski definition) is 2. The number of rotatable bonds is 2. The molecule has 2 N–H and O–H groups in total. The number of piperidine rings is 2. The molecule has 5 rings (SSSR count). The number of nitrogens with one attached hydrogen (secondary N) is 2. The molecular weight excluding hydrogens is 388 g/mol. The van der Waals surface area contributed by atoms with Crippen molar-refractivity contribution in [1.82, 2.24) is 15.5 Å². The van der Waals surface area contributed by atoms with E-state index < -0.39 is 23.8 Å². The fourth-order valence-electron chi connectivity index (χ4n) is 4.88. The SMILES string of the molecule is O=C1CCC(N2C(=O)c3ccc(N4CCC5(CC4)COCCN5)cc3C2=O)C(=O)N1. The van der Waals surface area contributed by atoms with Crippen LogP contribution in [0.1, 0.15) is 46.4 Å². The minimum absolute atomic E-state index is 0.0276. The third kappa shape index (κ3) is 3.09. The first-order valence-electron chi connectivity index (χ1n) is 10.4. The van der Waals surface area contributed by atoms with Crippen LogP contribution in [-0.2, 0) is 14.3 Å². The Labute approximate surface area is 173 Å². The van der Waals surface area contributed by atoms with Gasteiger partial charge in [-0.3, -0.25) is 29.4 Å². The number of anilines is 1. The van der Waals surface area contributed by atoms with Gasteiger partial charge in [-0.05, 0) is 37.5 Å². The summed E-state index contributed by atoms with van der Waals surface area (Å²) >= 11 is 0. The van der Waals surface area contributed by atoms with Crippen LogP contribution in [0.4, 0.5) is 5.69 Å². The lowest BCUT2D eigenvalue weighted by atomic mass is 9.87. The maximum absolute atomic E-state index is 13.0. The van der Waals surface area contributed by atoms with Crippen LogP contribution in [0.2, 0.25) is 0 Å². The highest BCUT2D eigenvalue weighted by molar-refractivity contribution is 6.23. The van der Waals surface area contributed by atoms with Gasteiger partial charge in [-0.15, -0.1) is 0 Å². The minimum Gasteiger partial charge on any atom is -0.378 e. The zero-order chi connectivity index (χ0) is 20.9. The summed E-state index contributed by atoms with van der Waals surface area (Å²) in [5, 5.41) is 5.81. The molecule has 30 heavy (non-hydrogen) atoms. The van der Waals surface area contributed by atoms with Crippen molar-refractivity contribution in [1.29, 1.82) is 0 Å². The number of hydrogen-bond acceptors (Lipinski definition) is 7. The van der Waals surface area contributed by atoms with E-state index in [9.17, 15) is 19.2 Å². The molecule has 1 spiro atoms. The highest BCUT2D eigenvalue weighted by Gasteiger charge is 2.45. The average molecular weight is 412 g/mol. The lowest BCUT2D eigenvalue weighted by molar-refractivity contribution is -0.136. The molecule has 9 heteroatoms. The summed E-state index contributed by atoms with van der Waals surface area (Å²) in [7, 11) is 0. The number of carbonyl (C=O) groups excluding carboxylic acids is 4. The second-order valence-corrected chi connectivity index (χ2v) is 8.42. The molecule has 1 unspecified atom stereocenters. The van der Waals surface area contributed by atoms with Crippen molar-refractivity contribution in [3.63, 3.8) is 0 Å². The molecule has 4 heterocycles. The molecule has 4 aliphatic rings. The van der Waals surface area contributed by atoms with Crippen LogP contribution < -0.4 is 15.5 Å². The van der Waals surface area contributed by atoms with Gasteiger partial charge in [0.15, 0.2) is 0 Å². The Hall–Kier alpha value is -2.78. The second kappa shape index (κ2) is 7.17. The predicted octanol–water partition coefficient (Wildman–Crippen LogP) is 0.0466. The van der Waals surface area contributed by atoms with Gasteiger partial charge < -0.3 is 15.0 Å². The van der Waals surface area contributed by atoms with Gasteiger partial charge in [0.25, 0.3) is 11.8 Å². The van der Waals surface area contributed by atoms with Crippen molar-refractivity contribution in [2.24, 2.45) is 0 Å². The third-order valence-electron chi connectivity index (χ3n) is 6.63. The highest BCUT2D eigenvalue weighted by Crippen LogP contribution is 2.33. The van der Waals surface area contributed by atoms with Crippen molar-refractivity contribution >= 4 is 29.3 Å². The maximum atomic E-state index is 13.0. The topological polar surface area (TPSA) is 108 Å². The van der Waals surface area contributed by atoms with Crippen molar-refractivity contribution < 1.29 is 23.9 Å². The number of ether oxygens (including phenoxy) is 1. The van der Waals surface area contributed by atoms with Gasteiger partial charge in [-0.25, -0.2) is 0 Å². The zero-order valence-electron chi connectivity index (χ0n) is 16.6. The van der Waals surface area contributed by atoms with E-state index in [1.54, 1.807) is 12.1 Å². The van der Waals surface area contributed by atoms with Crippen LogP contribution in [-0.4, -0.2) is 73.0 Å². The molecule has 4 amide bonds. The summed E-state index contributed by atoms with van der Waals surface area (Å²) in [5.74, 6) is -1.92. The lowest BCUT2D eigenvalue weighted by Gasteiger charge is -2.45. The number of carbonyl (C=O) groups is 4. The van der Waals surface area contributed by atoms with E-state index in [1.807, 2.05) is 6.07 Å². The largest absolute Gasteiger partial charge is 0.378 e. The van der Waals surface area contributed by atoms with E-state index in [0.29, 0.717) is 11.1 Å². The smallest absolute Gasteiger partial charge is 0.262 e. The van der Waals surface area contributed by atoms with Crippen LogP contribution in [0.5, 0.6) is 0 Å². The molecule has 0 aromatic heterocycles. The second-order valence-electron chi connectivity index (χ2n) is 8.42. The first-order valence-corrected chi connectivity index (χ1v) is 10.4. The van der Waals surface area contributed by atoms with E-state index in [4.69, 9.17) is 4.74 Å². The Morgan fingerprint density at radius 2 is 1.80 bits per heavy atom. The van der Waals surface area contributed by atoms with Crippen LogP contribution >= 0.6 is 0 Å². The van der Waals surface area contributed by atoms with Gasteiger partial charge in [0, 0.05) is 37.3 Å². The van der Waals surface area contributed by atoms with Gasteiger partial charge in [0.2, 0.25) is 11.8 Å². The summed E-state index contributed by atoms with van der Waals surface area (Å²) in [6.07, 6.45) is 2.16. The number of nitrogens with zero attached hydrogens (tertiary/aromatic N) is 2. The number of morpholine rings is 1. The van der Waals surface area contributed by atoms with Gasteiger partial charge in [-0.1, -0.05) is 0 Å². The Balaban J connectivity index is 1.34. The summed E-state index contributed by atoms with van der Waals surface area (Å²) in [6.45, 7) is 3.99. The normalized spacial score (nSPS) is 26.2. The van der Waals surface area contributed by atoms with E-state index in [2.05, 4.69) is 15.5 Å². The predicted molar refractivity (Wildman–Crippen MR) is 106 cm³/mol.